The van der Waals surface area contributed by atoms with Crippen molar-refractivity contribution in [2.75, 3.05) is 30.3 Å². The number of likely N-dealkylation sites (tertiary alicyclic amines) is 1. The van der Waals surface area contributed by atoms with E-state index in [2.05, 4.69) is 0 Å². The van der Waals surface area contributed by atoms with Crippen LogP contribution < -0.4 is 10.6 Å². The summed E-state index contributed by atoms with van der Waals surface area (Å²) in [4.78, 5) is 29.5. The second kappa shape index (κ2) is 8.91. The van der Waals surface area contributed by atoms with Crippen molar-refractivity contribution in [1.29, 1.82) is 0 Å². The smallest absolute Gasteiger partial charge is 0.289 e. The number of benzene rings is 1. The first kappa shape index (κ1) is 21.2. The summed E-state index contributed by atoms with van der Waals surface area (Å²) in [6.45, 7) is 3.89. The normalized spacial score (nSPS) is 16.9. The first-order chi connectivity index (χ1) is 13.6. The molecule has 0 atom stereocenters. The maximum atomic E-state index is 13.2. The first-order valence-corrected chi connectivity index (χ1v) is 10.1. The summed E-state index contributed by atoms with van der Waals surface area (Å²) in [6, 6.07) is 9.39. The third-order valence-corrected chi connectivity index (χ3v) is 5.91. The number of carbonyl (C=O) groups excluding carboxylic acids is 2. The molecule has 3 heterocycles. The van der Waals surface area contributed by atoms with Crippen LogP contribution in [0.2, 0.25) is 0 Å². The Morgan fingerprint density at radius 1 is 1.14 bits per heavy atom. The predicted octanol–water partition coefficient (Wildman–Crippen LogP) is 3.68. The molecular weight excluding hydrogens is 390 g/mol. The summed E-state index contributed by atoms with van der Waals surface area (Å²) in [5, 5.41) is 0. The minimum absolute atomic E-state index is 0. The van der Waals surface area contributed by atoms with Crippen LogP contribution in [0.5, 0.6) is 0 Å². The molecule has 1 saturated heterocycles. The summed E-state index contributed by atoms with van der Waals surface area (Å²) < 4.78 is 5.59. The predicted molar refractivity (Wildman–Crippen MR) is 115 cm³/mol. The molecule has 0 spiro atoms. The molecule has 6 nitrogen and oxygen atoms in total. The van der Waals surface area contributed by atoms with Gasteiger partial charge in [0.05, 0.1) is 0 Å². The highest BCUT2D eigenvalue weighted by Crippen LogP contribution is 2.33. The van der Waals surface area contributed by atoms with Crippen LogP contribution in [0.1, 0.15) is 48.1 Å². The van der Waals surface area contributed by atoms with Gasteiger partial charge in [0.2, 0.25) is 5.91 Å². The molecule has 2 N–H and O–H groups in total. The van der Waals surface area contributed by atoms with Gasteiger partial charge in [0, 0.05) is 43.3 Å². The molecule has 0 bridgehead atoms. The van der Waals surface area contributed by atoms with Crippen LogP contribution >= 0.6 is 12.4 Å². The van der Waals surface area contributed by atoms with Gasteiger partial charge in [-0.2, -0.15) is 0 Å². The van der Waals surface area contributed by atoms with Gasteiger partial charge < -0.3 is 20.0 Å². The van der Waals surface area contributed by atoms with Crippen LogP contribution in [-0.2, 0) is 17.6 Å². The summed E-state index contributed by atoms with van der Waals surface area (Å²) >= 11 is 0. The van der Waals surface area contributed by atoms with Crippen molar-refractivity contribution in [3.05, 3.63) is 47.4 Å². The lowest BCUT2D eigenvalue weighted by molar-refractivity contribution is -0.123. The molecule has 2 amide bonds. The van der Waals surface area contributed by atoms with Gasteiger partial charge in [-0.1, -0.05) is 13.0 Å². The van der Waals surface area contributed by atoms with Crippen molar-refractivity contribution >= 4 is 35.6 Å². The van der Waals surface area contributed by atoms with E-state index in [1.807, 2.05) is 36.1 Å². The van der Waals surface area contributed by atoms with Gasteiger partial charge in [0.15, 0.2) is 5.76 Å². The van der Waals surface area contributed by atoms with Gasteiger partial charge in [-0.3, -0.25) is 9.59 Å². The number of nitrogens with zero attached hydrogens (tertiary/aromatic N) is 2. The zero-order chi connectivity index (χ0) is 19.7. The molecule has 0 saturated carbocycles. The number of amides is 2. The molecule has 0 radical (unpaired) electrons. The number of halogens is 1. The zero-order valence-electron chi connectivity index (χ0n) is 16.7. The minimum atomic E-state index is -0.0818. The molecular formula is C22H28ClN3O3. The quantitative estimate of drug-likeness (QED) is 0.772. The molecule has 2 aliphatic heterocycles. The highest BCUT2D eigenvalue weighted by Gasteiger charge is 2.33. The van der Waals surface area contributed by atoms with E-state index in [1.165, 1.54) is 0 Å². The van der Waals surface area contributed by atoms with Crippen molar-refractivity contribution in [2.45, 2.75) is 39.0 Å². The summed E-state index contributed by atoms with van der Waals surface area (Å²) in [5.41, 5.74) is 8.91. The third-order valence-electron chi connectivity index (χ3n) is 5.91. The van der Waals surface area contributed by atoms with E-state index in [0.717, 1.165) is 48.5 Å². The van der Waals surface area contributed by atoms with E-state index in [4.69, 9.17) is 10.2 Å². The standard InChI is InChI=1S/C22H27N3O3.ClH/c1-2-16-8-9-20(28-16)22(27)24-13-10-15(11-14-24)21(26)25-12-4-5-17-18(23)6-3-7-19(17)25;/h3,6-9,15H,2,4-5,10-14,23H2,1H3;1H. The minimum Gasteiger partial charge on any atom is -0.456 e. The molecule has 1 aromatic carbocycles. The molecule has 0 unspecified atom stereocenters. The van der Waals surface area contributed by atoms with Gasteiger partial charge in [-0.25, -0.2) is 0 Å². The van der Waals surface area contributed by atoms with E-state index in [-0.39, 0.29) is 30.1 Å². The zero-order valence-corrected chi connectivity index (χ0v) is 17.5. The molecule has 1 aromatic heterocycles. The number of carbonyl (C=O) groups is 2. The molecule has 1 fully saturated rings. The van der Waals surface area contributed by atoms with Crippen LogP contribution in [0.4, 0.5) is 11.4 Å². The maximum Gasteiger partial charge on any atom is 0.289 e. The Balaban J connectivity index is 0.00000240. The number of piperidine rings is 1. The Labute approximate surface area is 177 Å². The van der Waals surface area contributed by atoms with Crippen molar-refractivity contribution < 1.29 is 14.0 Å². The number of aryl methyl sites for hydroxylation is 1. The lowest BCUT2D eigenvalue weighted by Gasteiger charge is -2.36. The van der Waals surface area contributed by atoms with Gasteiger partial charge in [0.1, 0.15) is 5.76 Å². The Hall–Kier alpha value is -2.47. The molecule has 2 aliphatic rings. The second-order valence-corrected chi connectivity index (χ2v) is 7.62. The highest BCUT2D eigenvalue weighted by molar-refractivity contribution is 5.97. The Morgan fingerprint density at radius 2 is 1.90 bits per heavy atom. The summed E-state index contributed by atoms with van der Waals surface area (Å²) in [6.07, 6.45) is 3.98. The molecule has 0 aliphatic carbocycles. The first-order valence-electron chi connectivity index (χ1n) is 10.1. The number of rotatable bonds is 3. The SMILES string of the molecule is CCc1ccc(C(=O)N2CCC(C(=O)N3CCCc4c(N)cccc43)CC2)o1.Cl. The van der Waals surface area contributed by atoms with Crippen molar-refractivity contribution in [1.82, 2.24) is 4.90 Å². The summed E-state index contributed by atoms with van der Waals surface area (Å²) in [7, 11) is 0. The van der Waals surface area contributed by atoms with Crippen molar-refractivity contribution in [3.8, 4) is 0 Å². The monoisotopic (exact) mass is 417 g/mol. The second-order valence-electron chi connectivity index (χ2n) is 7.62. The van der Waals surface area contributed by atoms with E-state index in [0.29, 0.717) is 31.7 Å². The Kier molecular flexibility index (Phi) is 6.52. The van der Waals surface area contributed by atoms with Gasteiger partial charge in [-0.05, 0) is 55.5 Å². The molecule has 156 valence electrons. The average molecular weight is 418 g/mol. The van der Waals surface area contributed by atoms with Crippen LogP contribution in [0.3, 0.4) is 0 Å². The van der Waals surface area contributed by atoms with Crippen LogP contribution in [0, 0.1) is 5.92 Å². The Morgan fingerprint density at radius 3 is 2.59 bits per heavy atom. The van der Waals surface area contributed by atoms with E-state index >= 15 is 0 Å². The number of anilines is 2. The van der Waals surface area contributed by atoms with E-state index < -0.39 is 0 Å². The number of hydrogen-bond donors (Lipinski definition) is 1. The molecule has 2 aromatic rings. The summed E-state index contributed by atoms with van der Waals surface area (Å²) in [5.74, 6) is 1.23. The topological polar surface area (TPSA) is 79.8 Å². The van der Waals surface area contributed by atoms with Gasteiger partial charge in [0.25, 0.3) is 5.91 Å². The number of hydrogen-bond acceptors (Lipinski definition) is 4. The molecule has 4 rings (SSSR count). The number of fused-ring (bicyclic) bond motifs is 1. The fraction of sp³-hybridized carbons (Fsp3) is 0.455. The number of nitrogens with two attached hydrogens (primary N) is 1. The lowest BCUT2D eigenvalue weighted by atomic mass is 9.92. The number of furan rings is 1. The maximum absolute atomic E-state index is 13.2. The highest BCUT2D eigenvalue weighted by atomic mass is 35.5. The van der Waals surface area contributed by atoms with Gasteiger partial charge in [-0.15, -0.1) is 12.4 Å². The van der Waals surface area contributed by atoms with E-state index in [9.17, 15) is 9.59 Å². The fourth-order valence-electron chi connectivity index (χ4n) is 4.27. The van der Waals surface area contributed by atoms with Crippen LogP contribution in [-0.4, -0.2) is 36.3 Å². The van der Waals surface area contributed by atoms with Crippen LogP contribution in [0.15, 0.2) is 34.7 Å². The van der Waals surface area contributed by atoms with Crippen molar-refractivity contribution in [2.24, 2.45) is 5.92 Å². The average Bonchev–Trinajstić information content (AvgIpc) is 3.22. The van der Waals surface area contributed by atoms with Gasteiger partial charge >= 0.3 is 0 Å². The largest absolute Gasteiger partial charge is 0.456 e. The van der Waals surface area contributed by atoms with Crippen LogP contribution in [0.25, 0.3) is 0 Å². The third kappa shape index (κ3) is 4.13. The molecule has 29 heavy (non-hydrogen) atoms. The van der Waals surface area contributed by atoms with E-state index in [1.54, 1.807) is 11.0 Å². The molecule has 7 heteroatoms. The lowest BCUT2D eigenvalue weighted by Crippen LogP contribution is -2.45. The van der Waals surface area contributed by atoms with Crippen molar-refractivity contribution in [3.63, 3.8) is 0 Å². The number of nitrogen functional groups attached to an aromatic ring is 1. The Bertz CT molecular complexity index is 887. The fourth-order valence-corrected chi connectivity index (χ4v) is 4.27.